The highest BCUT2D eigenvalue weighted by molar-refractivity contribution is 5.90. The number of amidine groups is 1. The molecule has 1 fully saturated rings. The van der Waals surface area contributed by atoms with Crippen molar-refractivity contribution in [2.75, 3.05) is 32.7 Å². The lowest BCUT2D eigenvalue weighted by Gasteiger charge is -2.38. The van der Waals surface area contributed by atoms with Crippen LogP contribution in [0.2, 0.25) is 0 Å². The minimum Gasteiger partial charge on any atom is -0.387 e. The van der Waals surface area contributed by atoms with Gasteiger partial charge in [0.2, 0.25) is 5.91 Å². The third-order valence-electron chi connectivity index (χ3n) is 6.23. The third kappa shape index (κ3) is 6.95. The van der Waals surface area contributed by atoms with Crippen molar-refractivity contribution < 1.29 is 14.3 Å². The maximum absolute atomic E-state index is 13.4. The van der Waals surface area contributed by atoms with Crippen molar-refractivity contribution in [1.29, 1.82) is 0 Å². The summed E-state index contributed by atoms with van der Waals surface area (Å²) in [5.74, 6) is 0.556. The van der Waals surface area contributed by atoms with Crippen LogP contribution in [0.25, 0.3) is 0 Å². The van der Waals surface area contributed by atoms with Gasteiger partial charge in [-0.3, -0.25) is 4.79 Å². The zero-order valence-electron chi connectivity index (χ0n) is 19.9. The van der Waals surface area contributed by atoms with Crippen molar-refractivity contribution in [3.63, 3.8) is 0 Å². The summed E-state index contributed by atoms with van der Waals surface area (Å²) in [6.45, 7) is 13.1. The minimum atomic E-state index is -0.650. The van der Waals surface area contributed by atoms with Crippen molar-refractivity contribution in [1.82, 2.24) is 15.1 Å². The van der Waals surface area contributed by atoms with Gasteiger partial charge in [0, 0.05) is 45.2 Å². The normalized spacial score (nSPS) is 25.6. The Morgan fingerprint density at radius 1 is 1.24 bits per heavy atom. The third-order valence-corrected chi connectivity index (χ3v) is 6.23. The van der Waals surface area contributed by atoms with Crippen LogP contribution in [0.15, 0.2) is 46.5 Å². The van der Waals surface area contributed by atoms with Crippen molar-refractivity contribution >= 4 is 18.1 Å². The fourth-order valence-electron chi connectivity index (χ4n) is 4.23. The summed E-state index contributed by atoms with van der Waals surface area (Å²) >= 11 is 0. The molecular formula is C25H36FN5O2. The lowest BCUT2D eigenvalue weighted by molar-refractivity contribution is -0.134. The highest BCUT2D eigenvalue weighted by Gasteiger charge is 2.30. The predicted octanol–water partition coefficient (Wildman–Crippen LogP) is 2.78. The van der Waals surface area contributed by atoms with Gasteiger partial charge in [-0.15, -0.1) is 0 Å². The number of carbonyl (C=O) groups is 1. The molecule has 2 N–H and O–H groups in total. The topological polar surface area (TPSA) is 80.5 Å². The van der Waals surface area contributed by atoms with Gasteiger partial charge in [-0.05, 0) is 30.0 Å². The Kier molecular flexibility index (Phi) is 8.74. The lowest BCUT2D eigenvalue weighted by atomic mass is 9.96. The van der Waals surface area contributed by atoms with E-state index in [0.29, 0.717) is 44.8 Å². The van der Waals surface area contributed by atoms with E-state index in [9.17, 15) is 14.3 Å². The van der Waals surface area contributed by atoms with E-state index >= 15 is 0 Å². The summed E-state index contributed by atoms with van der Waals surface area (Å²) < 4.78 is 13.4. The van der Waals surface area contributed by atoms with Crippen LogP contribution in [0, 0.1) is 11.7 Å². The molecule has 2 aliphatic rings. The Hall–Kier alpha value is -2.58. The smallest absolute Gasteiger partial charge is 0.231 e. The van der Waals surface area contributed by atoms with Crippen LogP contribution >= 0.6 is 0 Å². The molecule has 0 aliphatic carbocycles. The Labute approximate surface area is 196 Å². The van der Waals surface area contributed by atoms with Gasteiger partial charge >= 0.3 is 0 Å². The summed E-state index contributed by atoms with van der Waals surface area (Å²) in [6, 6.07) is 6.47. The van der Waals surface area contributed by atoms with E-state index in [2.05, 4.69) is 33.7 Å². The zero-order valence-corrected chi connectivity index (χ0v) is 19.9. The van der Waals surface area contributed by atoms with Crippen molar-refractivity contribution in [2.24, 2.45) is 15.9 Å². The summed E-state index contributed by atoms with van der Waals surface area (Å²) in [6.07, 6.45) is 2.15. The number of nitrogens with one attached hydrogen (secondary N) is 1. The van der Waals surface area contributed by atoms with Gasteiger partial charge in [0.1, 0.15) is 18.0 Å². The number of hydrogen-bond donors (Lipinski definition) is 2. The largest absolute Gasteiger partial charge is 0.387 e. The van der Waals surface area contributed by atoms with Gasteiger partial charge in [-0.2, -0.15) is 0 Å². The Balaban J connectivity index is 1.67. The summed E-state index contributed by atoms with van der Waals surface area (Å²) in [4.78, 5) is 26.2. The van der Waals surface area contributed by atoms with Gasteiger partial charge in [0.15, 0.2) is 0 Å². The molecule has 8 heteroatoms. The molecule has 1 amide bonds. The average molecular weight is 458 g/mol. The molecule has 3 atom stereocenters. The molecule has 3 rings (SSSR count). The molecule has 2 heterocycles. The Morgan fingerprint density at radius 3 is 2.55 bits per heavy atom. The van der Waals surface area contributed by atoms with Crippen LogP contribution in [0.3, 0.4) is 0 Å². The van der Waals surface area contributed by atoms with E-state index in [4.69, 9.17) is 0 Å². The van der Waals surface area contributed by atoms with Gasteiger partial charge in [-0.25, -0.2) is 14.4 Å². The number of amides is 1. The molecule has 1 unspecified atom stereocenters. The van der Waals surface area contributed by atoms with Crippen LogP contribution in [0.5, 0.6) is 0 Å². The van der Waals surface area contributed by atoms with E-state index in [1.165, 1.54) is 18.5 Å². The van der Waals surface area contributed by atoms with Crippen molar-refractivity contribution in [3.05, 3.63) is 47.9 Å². The molecule has 0 bridgehead atoms. The molecule has 1 aromatic rings. The van der Waals surface area contributed by atoms with Crippen LogP contribution in [-0.2, 0) is 4.79 Å². The molecule has 33 heavy (non-hydrogen) atoms. The maximum atomic E-state index is 13.4. The second kappa shape index (κ2) is 11.5. The van der Waals surface area contributed by atoms with E-state index < -0.39 is 6.10 Å². The average Bonchev–Trinajstić information content (AvgIpc) is 2.84. The molecule has 0 radical (unpaired) electrons. The highest BCUT2D eigenvalue weighted by atomic mass is 19.1. The first kappa shape index (κ1) is 25.1. The first-order valence-corrected chi connectivity index (χ1v) is 11.7. The van der Waals surface area contributed by atoms with Crippen molar-refractivity contribution in [2.45, 2.75) is 51.7 Å². The molecule has 0 spiro atoms. The summed E-state index contributed by atoms with van der Waals surface area (Å²) in [5.41, 5.74) is 1.26. The molecule has 0 aromatic heterocycles. The van der Waals surface area contributed by atoms with E-state index in [0.717, 1.165) is 17.8 Å². The number of rotatable bonds is 5. The number of nitrogens with zero attached hydrogens (tertiary/aromatic N) is 4. The van der Waals surface area contributed by atoms with E-state index in [1.807, 2.05) is 18.7 Å². The number of hydrogen-bond acceptors (Lipinski definition) is 6. The molecule has 180 valence electrons. The number of aliphatic hydroxyl groups is 1. The van der Waals surface area contributed by atoms with Crippen LogP contribution in [0.4, 0.5) is 4.39 Å². The summed E-state index contributed by atoms with van der Waals surface area (Å²) in [7, 11) is 0. The lowest BCUT2D eigenvalue weighted by Crippen LogP contribution is -2.52. The van der Waals surface area contributed by atoms with Gasteiger partial charge < -0.3 is 20.2 Å². The minimum absolute atomic E-state index is 0.0557. The highest BCUT2D eigenvalue weighted by Crippen LogP contribution is 2.22. The number of aliphatic hydroxyl groups excluding tert-OH is 1. The maximum Gasteiger partial charge on any atom is 0.231 e. The first-order chi connectivity index (χ1) is 15.7. The number of piperazine rings is 1. The van der Waals surface area contributed by atoms with E-state index in [-0.39, 0.29) is 29.6 Å². The molecule has 7 nitrogen and oxygen atoms in total. The molecule has 1 aromatic carbocycles. The molecule has 0 saturated carbocycles. The summed E-state index contributed by atoms with van der Waals surface area (Å²) in [5, 5.41) is 13.5. The molecule has 2 aliphatic heterocycles. The quantitative estimate of drug-likeness (QED) is 0.713. The van der Waals surface area contributed by atoms with E-state index in [1.54, 1.807) is 12.1 Å². The molecule has 1 saturated heterocycles. The monoisotopic (exact) mass is 457 g/mol. The second-order valence-corrected chi connectivity index (χ2v) is 9.32. The standard InChI is InChI=1S/C25H36FN5O2/c1-17(2)27-15-22(20-5-7-21(26)8-6-20)25(33)31-11-9-30(10-12-31)24-14-18(3)13-23(32)19(4)28-16-29-24/h5-8,16-18,22-23,27,32H,4,9-15H2,1-3H3/b28-16-,29-24+/t18-,22?,23-/m1/s1. The number of aliphatic imine (C=N–C) groups is 2. The fourth-order valence-corrected chi connectivity index (χ4v) is 4.23. The molecular weight excluding hydrogens is 421 g/mol. The second-order valence-electron chi connectivity index (χ2n) is 9.32. The fraction of sp³-hybridized carbons (Fsp3) is 0.560. The van der Waals surface area contributed by atoms with Crippen molar-refractivity contribution in [3.8, 4) is 0 Å². The van der Waals surface area contributed by atoms with Crippen LogP contribution < -0.4 is 5.32 Å². The Morgan fingerprint density at radius 2 is 1.91 bits per heavy atom. The number of benzene rings is 1. The first-order valence-electron chi connectivity index (χ1n) is 11.7. The van der Waals surface area contributed by atoms with Gasteiger partial charge in [-0.1, -0.05) is 39.5 Å². The Bertz CT molecular complexity index is 875. The predicted molar refractivity (Wildman–Crippen MR) is 130 cm³/mol. The number of carbonyl (C=O) groups excluding carboxylic acids is 1. The van der Waals surface area contributed by atoms with Gasteiger partial charge in [0.05, 0.1) is 17.7 Å². The zero-order chi connectivity index (χ0) is 24.0. The SMILES string of the molecule is C=C1/N=C\N=C(\N2CCN(C(=O)C(CNC(C)C)c3ccc(F)cc3)CC2)C[C@H](C)C[C@H]1O. The number of halogens is 1. The van der Waals surface area contributed by atoms with Crippen LogP contribution in [0.1, 0.15) is 45.1 Å². The van der Waals surface area contributed by atoms with Gasteiger partial charge in [0.25, 0.3) is 0 Å². The van der Waals surface area contributed by atoms with Crippen LogP contribution in [-0.4, -0.2) is 77.9 Å².